The van der Waals surface area contributed by atoms with Gasteiger partial charge in [-0.25, -0.2) is 0 Å². The zero-order chi connectivity index (χ0) is 33.0. The summed E-state index contributed by atoms with van der Waals surface area (Å²) in [6.07, 6.45) is 9.55. The molecule has 7 aromatic carbocycles. The number of hydrogen-bond donors (Lipinski definition) is 0. The summed E-state index contributed by atoms with van der Waals surface area (Å²) >= 11 is 0. The average Bonchev–Trinajstić information content (AvgIpc) is 3.61. The van der Waals surface area contributed by atoms with Gasteiger partial charge in [0.05, 0.1) is 11.0 Å². The Kier molecular flexibility index (Phi) is 6.56. The summed E-state index contributed by atoms with van der Waals surface area (Å²) in [7, 11) is 0. The van der Waals surface area contributed by atoms with Gasteiger partial charge in [-0.05, 0) is 101 Å². The molecule has 10 rings (SSSR count). The Hall–Kier alpha value is -6.58. The molecule has 0 radical (unpaired) electrons. The Morgan fingerprint density at radius 3 is 1.92 bits per heavy atom. The molecule has 0 saturated carbocycles. The molecule has 3 heteroatoms. The molecule has 1 aliphatic carbocycles. The van der Waals surface area contributed by atoms with E-state index in [1.165, 1.54) is 38.1 Å². The third kappa shape index (κ3) is 4.59. The van der Waals surface area contributed by atoms with E-state index in [2.05, 4.69) is 191 Å². The van der Waals surface area contributed by atoms with Gasteiger partial charge in [0.1, 0.15) is 11.3 Å². The van der Waals surface area contributed by atoms with Crippen LogP contribution < -0.4 is 4.90 Å². The van der Waals surface area contributed by atoms with Crippen LogP contribution in [-0.2, 0) is 0 Å². The van der Waals surface area contributed by atoms with Crippen LogP contribution in [0.1, 0.15) is 17.7 Å². The second-order valence-electron chi connectivity index (χ2n) is 12.9. The molecule has 9 aromatic rings. The van der Waals surface area contributed by atoms with Crippen molar-refractivity contribution < 1.29 is 4.42 Å². The van der Waals surface area contributed by atoms with Crippen molar-refractivity contribution in [2.24, 2.45) is 0 Å². The normalized spacial score (nSPS) is 12.6. The molecule has 0 unspecified atom stereocenters. The first-order chi connectivity index (χ1) is 24.8. The lowest BCUT2D eigenvalue weighted by atomic mass is 9.97. The van der Waals surface area contributed by atoms with Gasteiger partial charge < -0.3 is 13.9 Å². The SMILES string of the molecule is C1=Cc2oc3cccc(-c4ccc(N(c5ccc(-n6c7ccccc7c7ccccc76)cc5)c5ccc6ccccc6c5)cc4)c3c2C=CC1. The van der Waals surface area contributed by atoms with Gasteiger partial charge in [-0.15, -0.1) is 0 Å². The number of anilines is 3. The van der Waals surface area contributed by atoms with Gasteiger partial charge in [-0.2, -0.15) is 0 Å². The molecule has 2 heterocycles. The maximum absolute atomic E-state index is 6.28. The van der Waals surface area contributed by atoms with Crippen LogP contribution in [0.5, 0.6) is 0 Å². The Bertz CT molecular complexity index is 2720. The van der Waals surface area contributed by atoms with E-state index in [1.807, 2.05) is 0 Å². The van der Waals surface area contributed by atoms with Crippen LogP contribution in [0.2, 0.25) is 0 Å². The minimum absolute atomic E-state index is 0.909. The Labute approximate surface area is 290 Å². The molecular weight excluding hydrogens is 609 g/mol. The van der Waals surface area contributed by atoms with E-state index in [0.717, 1.165) is 57.0 Å². The number of hydrogen-bond acceptors (Lipinski definition) is 2. The van der Waals surface area contributed by atoms with Crippen molar-refractivity contribution in [3.05, 3.63) is 181 Å². The van der Waals surface area contributed by atoms with E-state index in [1.54, 1.807) is 0 Å². The lowest BCUT2D eigenvalue weighted by Crippen LogP contribution is -2.10. The Morgan fingerprint density at radius 2 is 1.16 bits per heavy atom. The number of furan rings is 1. The summed E-state index contributed by atoms with van der Waals surface area (Å²) in [5.41, 5.74) is 11.2. The summed E-state index contributed by atoms with van der Waals surface area (Å²) < 4.78 is 8.65. The first kappa shape index (κ1) is 28.4. The first-order valence-electron chi connectivity index (χ1n) is 17.2. The van der Waals surface area contributed by atoms with Gasteiger partial charge in [0.15, 0.2) is 0 Å². The summed E-state index contributed by atoms with van der Waals surface area (Å²) in [4.78, 5) is 2.35. The van der Waals surface area contributed by atoms with Crippen LogP contribution in [0.15, 0.2) is 174 Å². The maximum atomic E-state index is 6.28. The summed E-state index contributed by atoms with van der Waals surface area (Å²) in [6, 6.07) is 56.8. The van der Waals surface area contributed by atoms with E-state index in [0.29, 0.717) is 0 Å². The molecule has 0 spiro atoms. The second kappa shape index (κ2) is 11.5. The Balaban J connectivity index is 1.09. The molecule has 0 bridgehead atoms. The van der Waals surface area contributed by atoms with Gasteiger partial charge >= 0.3 is 0 Å². The fourth-order valence-electron chi connectivity index (χ4n) is 7.66. The van der Waals surface area contributed by atoms with Gasteiger partial charge in [-0.1, -0.05) is 109 Å². The third-order valence-corrected chi connectivity index (χ3v) is 9.98. The minimum Gasteiger partial charge on any atom is -0.456 e. The lowest BCUT2D eigenvalue weighted by Gasteiger charge is -2.26. The summed E-state index contributed by atoms with van der Waals surface area (Å²) in [6.45, 7) is 0. The molecule has 1 aliphatic rings. The predicted molar refractivity (Wildman–Crippen MR) is 211 cm³/mol. The largest absolute Gasteiger partial charge is 0.456 e. The van der Waals surface area contributed by atoms with Crippen molar-refractivity contribution in [1.29, 1.82) is 0 Å². The number of allylic oxidation sites excluding steroid dienone is 2. The fraction of sp³-hybridized carbons (Fsp3) is 0.0213. The smallest absolute Gasteiger partial charge is 0.136 e. The predicted octanol–water partition coefficient (Wildman–Crippen LogP) is 13.2. The zero-order valence-electron chi connectivity index (χ0n) is 27.3. The average molecular weight is 641 g/mol. The van der Waals surface area contributed by atoms with Gasteiger partial charge in [0, 0.05) is 44.5 Å². The van der Waals surface area contributed by atoms with Crippen molar-refractivity contribution in [2.75, 3.05) is 4.90 Å². The number of rotatable bonds is 5. The van der Waals surface area contributed by atoms with Crippen molar-refractivity contribution in [1.82, 2.24) is 4.57 Å². The zero-order valence-corrected chi connectivity index (χ0v) is 27.3. The Morgan fingerprint density at radius 1 is 0.520 bits per heavy atom. The number of nitrogens with zero attached hydrogens (tertiary/aromatic N) is 2. The molecule has 0 saturated heterocycles. The van der Waals surface area contributed by atoms with E-state index in [9.17, 15) is 0 Å². The number of aromatic nitrogens is 1. The molecule has 0 aliphatic heterocycles. The van der Waals surface area contributed by atoms with E-state index < -0.39 is 0 Å². The van der Waals surface area contributed by atoms with Crippen LogP contribution in [-0.4, -0.2) is 4.57 Å². The van der Waals surface area contributed by atoms with Gasteiger partial charge in [-0.3, -0.25) is 0 Å². The van der Waals surface area contributed by atoms with Gasteiger partial charge in [0.25, 0.3) is 0 Å². The molecule has 236 valence electrons. The van der Waals surface area contributed by atoms with E-state index in [4.69, 9.17) is 4.42 Å². The highest BCUT2D eigenvalue weighted by Gasteiger charge is 2.18. The molecular formula is C47H32N2O. The van der Waals surface area contributed by atoms with Crippen LogP contribution in [0.25, 0.3) is 72.5 Å². The van der Waals surface area contributed by atoms with E-state index in [-0.39, 0.29) is 0 Å². The topological polar surface area (TPSA) is 21.3 Å². The molecule has 0 atom stereocenters. The first-order valence-corrected chi connectivity index (χ1v) is 17.2. The highest BCUT2D eigenvalue weighted by molar-refractivity contribution is 6.09. The highest BCUT2D eigenvalue weighted by Crippen LogP contribution is 2.41. The number of benzene rings is 7. The molecule has 0 amide bonds. The monoisotopic (exact) mass is 640 g/mol. The van der Waals surface area contributed by atoms with Crippen LogP contribution >= 0.6 is 0 Å². The van der Waals surface area contributed by atoms with Crippen molar-refractivity contribution in [3.8, 4) is 16.8 Å². The molecule has 0 N–H and O–H groups in total. The summed E-state index contributed by atoms with van der Waals surface area (Å²) in [5, 5.41) is 6.12. The second-order valence-corrected chi connectivity index (χ2v) is 12.9. The van der Waals surface area contributed by atoms with E-state index >= 15 is 0 Å². The van der Waals surface area contributed by atoms with Crippen molar-refractivity contribution in [3.63, 3.8) is 0 Å². The summed E-state index contributed by atoms with van der Waals surface area (Å²) in [5.74, 6) is 0.921. The maximum Gasteiger partial charge on any atom is 0.136 e. The molecule has 50 heavy (non-hydrogen) atoms. The molecule has 2 aromatic heterocycles. The van der Waals surface area contributed by atoms with Crippen LogP contribution in [0.3, 0.4) is 0 Å². The van der Waals surface area contributed by atoms with Crippen molar-refractivity contribution >= 4 is 72.8 Å². The quantitative estimate of drug-likeness (QED) is 0.187. The highest BCUT2D eigenvalue weighted by atomic mass is 16.3. The van der Waals surface area contributed by atoms with Crippen molar-refractivity contribution in [2.45, 2.75) is 6.42 Å². The standard InChI is InChI=1S/C47H32N2O/c1-2-15-42-45(19-3-1)50-46-20-10-16-39(47(42)46)33-22-24-35(25-23-33)48(38-26-21-32-11-4-5-12-34(32)31-38)36-27-29-37(30-28-36)49-43-17-8-6-13-40(43)41-14-7-9-18-44(41)49/h2-31H,1H2. The third-order valence-electron chi connectivity index (χ3n) is 9.98. The van der Waals surface area contributed by atoms with Crippen LogP contribution in [0, 0.1) is 0 Å². The van der Waals surface area contributed by atoms with Gasteiger partial charge in [0.2, 0.25) is 0 Å². The number of fused-ring (bicyclic) bond motifs is 7. The fourth-order valence-corrected chi connectivity index (χ4v) is 7.66. The number of para-hydroxylation sites is 2. The lowest BCUT2D eigenvalue weighted by molar-refractivity contribution is 0.603. The minimum atomic E-state index is 0.909. The van der Waals surface area contributed by atoms with Crippen LogP contribution in [0.4, 0.5) is 17.1 Å². The molecule has 3 nitrogen and oxygen atoms in total. The molecule has 0 fully saturated rings.